The highest BCUT2D eigenvalue weighted by atomic mass is 16.5. The van der Waals surface area contributed by atoms with E-state index in [0.717, 1.165) is 39.7 Å². The van der Waals surface area contributed by atoms with Crippen LogP contribution >= 0.6 is 0 Å². The first kappa shape index (κ1) is 17.0. The predicted molar refractivity (Wildman–Crippen MR) is 113 cm³/mol. The van der Waals surface area contributed by atoms with Gasteiger partial charge in [-0.3, -0.25) is 0 Å². The minimum atomic E-state index is 0.722. The van der Waals surface area contributed by atoms with E-state index in [-0.39, 0.29) is 0 Å². The van der Waals surface area contributed by atoms with Gasteiger partial charge in [0.25, 0.3) is 0 Å². The van der Waals surface area contributed by atoms with Crippen LogP contribution in [0, 0.1) is 0 Å². The maximum Gasteiger partial charge on any atom is 0.160 e. The van der Waals surface area contributed by atoms with Gasteiger partial charge in [0.05, 0.1) is 18.5 Å². The third-order valence-corrected chi connectivity index (χ3v) is 4.49. The van der Waals surface area contributed by atoms with E-state index in [2.05, 4.69) is 32.1 Å². The molecule has 0 saturated heterocycles. The molecule has 0 bridgehead atoms. The molecule has 0 amide bonds. The Kier molecular flexibility index (Phi) is 4.71. The molecule has 3 aromatic carbocycles. The topological polar surface area (TPSA) is 35.0 Å². The molecule has 0 aliphatic heterocycles. The van der Waals surface area contributed by atoms with Crippen LogP contribution in [0.1, 0.15) is 0 Å². The second-order valence-corrected chi connectivity index (χ2v) is 6.42. The van der Waals surface area contributed by atoms with Gasteiger partial charge in [0.15, 0.2) is 5.82 Å². The second kappa shape index (κ2) is 7.46. The van der Waals surface area contributed by atoms with Crippen LogP contribution in [-0.4, -0.2) is 24.9 Å². The first-order chi connectivity index (χ1) is 13.2. The molecule has 0 atom stereocenters. The van der Waals surface area contributed by atoms with E-state index in [1.54, 1.807) is 7.11 Å². The molecule has 0 N–H and O–H groups in total. The molecule has 4 rings (SSSR count). The number of benzene rings is 3. The standard InChI is InChI=1S/C23H19BN2O/c1-27-20-13-9-17(10-14-20)22-15-21(16-7-11-19(24)12-8-16)25-23(26-22)18-5-3-2-4-6-18/h2-15H,24H2,1H3. The van der Waals surface area contributed by atoms with Crippen molar-refractivity contribution in [3.05, 3.63) is 84.9 Å². The van der Waals surface area contributed by atoms with Crippen molar-refractivity contribution in [1.82, 2.24) is 9.97 Å². The maximum absolute atomic E-state index is 5.27. The van der Waals surface area contributed by atoms with Crippen LogP contribution in [0.5, 0.6) is 5.75 Å². The normalized spacial score (nSPS) is 10.6. The molecule has 0 radical (unpaired) electrons. The molecule has 4 aromatic rings. The Hall–Kier alpha value is -3.40. The summed E-state index contributed by atoms with van der Waals surface area (Å²) in [6.07, 6.45) is 0. The third-order valence-electron chi connectivity index (χ3n) is 4.49. The van der Waals surface area contributed by atoms with E-state index in [1.165, 1.54) is 5.46 Å². The van der Waals surface area contributed by atoms with Crippen LogP contribution in [-0.2, 0) is 0 Å². The molecule has 27 heavy (non-hydrogen) atoms. The number of hydrogen-bond acceptors (Lipinski definition) is 3. The fraction of sp³-hybridized carbons (Fsp3) is 0.0435. The fourth-order valence-electron chi connectivity index (χ4n) is 2.95. The van der Waals surface area contributed by atoms with E-state index in [9.17, 15) is 0 Å². The zero-order valence-corrected chi connectivity index (χ0v) is 15.4. The average Bonchev–Trinajstić information content (AvgIpc) is 2.74. The van der Waals surface area contributed by atoms with Crippen LogP contribution in [0.3, 0.4) is 0 Å². The molecule has 1 heterocycles. The number of methoxy groups -OCH3 is 1. The van der Waals surface area contributed by atoms with Gasteiger partial charge in [0, 0.05) is 16.7 Å². The van der Waals surface area contributed by atoms with E-state index >= 15 is 0 Å². The lowest BCUT2D eigenvalue weighted by molar-refractivity contribution is 0.415. The Morgan fingerprint density at radius 1 is 0.667 bits per heavy atom. The summed E-state index contributed by atoms with van der Waals surface area (Å²) in [5, 5.41) is 0. The molecule has 0 unspecified atom stereocenters. The Balaban J connectivity index is 1.87. The summed E-state index contributed by atoms with van der Waals surface area (Å²) < 4.78 is 5.27. The van der Waals surface area contributed by atoms with Gasteiger partial charge in [-0.25, -0.2) is 9.97 Å². The summed E-state index contributed by atoms with van der Waals surface area (Å²) in [4.78, 5) is 9.65. The number of hydrogen-bond donors (Lipinski definition) is 0. The zero-order valence-electron chi connectivity index (χ0n) is 15.4. The Bertz CT molecular complexity index is 1050. The summed E-state index contributed by atoms with van der Waals surface area (Å²) in [7, 11) is 3.75. The van der Waals surface area contributed by atoms with Gasteiger partial charge >= 0.3 is 0 Å². The quantitative estimate of drug-likeness (QED) is 0.526. The van der Waals surface area contributed by atoms with Gasteiger partial charge in [-0.2, -0.15) is 0 Å². The number of rotatable bonds is 4. The van der Waals surface area contributed by atoms with Crippen LogP contribution < -0.4 is 10.2 Å². The summed E-state index contributed by atoms with van der Waals surface area (Å²) >= 11 is 0. The SMILES string of the molecule is Bc1ccc(-c2cc(-c3ccc(OC)cc3)nc(-c3ccccc3)n2)cc1. The molecular formula is C23H19BN2O. The number of ether oxygens (including phenoxy) is 1. The molecule has 130 valence electrons. The molecular weight excluding hydrogens is 331 g/mol. The van der Waals surface area contributed by atoms with Crippen molar-refractivity contribution < 1.29 is 4.74 Å². The summed E-state index contributed by atoms with van der Waals surface area (Å²) in [6.45, 7) is 0. The molecule has 0 spiro atoms. The lowest BCUT2D eigenvalue weighted by Gasteiger charge is -2.10. The Morgan fingerprint density at radius 2 is 1.22 bits per heavy atom. The third kappa shape index (κ3) is 3.75. The predicted octanol–water partition coefficient (Wildman–Crippen LogP) is 3.74. The zero-order chi connectivity index (χ0) is 18.6. The van der Waals surface area contributed by atoms with Crippen LogP contribution in [0.15, 0.2) is 84.9 Å². The molecule has 0 saturated carbocycles. The Labute approximate surface area is 160 Å². The van der Waals surface area contributed by atoms with E-state index in [0.29, 0.717) is 0 Å². The van der Waals surface area contributed by atoms with E-state index in [1.807, 2.05) is 60.7 Å². The molecule has 3 nitrogen and oxygen atoms in total. The van der Waals surface area contributed by atoms with Gasteiger partial charge in [-0.1, -0.05) is 60.1 Å². The minimum absolute atomic E-state index is 0.722. The van der Waals surface area contributed by atoms with Crippen LogP contribution in [0.4, 0.5) is 0 Å². The molecule has 0 aliphatic rings. The van der Waals surface area contributed by atoms with Crippen LogP contribution in [0.25, 0.3) is 33.9 Å². The van der Waals surface area contributed by atoms with Crippen molar-refractivity contribution in [3.8, 4) is 39.7 Å². The van der Waals surface area contributed by atoms with Crippen molar-refractivity contribution in [1.29, 1.82) is 0 Å². The number of nitrogens with zero attached hydrogens (tertiary/aromatic N) is 2. The van der Waals surface area contributed by atoms with Crippen molar-refractivity contribution in [2.24, 2.45) is 0 Å². The molecule has 4 heteroatoms. The molecule has 0 aliphatic carbocycles. The van der Waals surface area contributed by atoms with Gasteiger partial charge in [0.2, 0.25) is 0 Å². The van der Waals surface area contributed by atoms with Gasteiger partial charge < -0.3 is 4.74 Å². The van der Waals surface area contributed by atoms with Gasteiger partial charge in [-0.05, 0) is 30.3 Å². The summed E-state index contributed by atoms with van der Waals surface area (Å²) in [5.74, 6) is 1.55. The largest absolute Gasteiger partial charge is 0.497 e. The fourth-order valence-corrected chi connectivity index (χ4v) is 2.95. The first-order valence-corrected chi connectivity index (χ1v) is 8.89. The minimum Gasteiger partial charge on any atom is -0.497 e. The van der Waals surface area contributed by atoms with Crippen molar-refractivity contribution in [3.63, 3.8) is 0 Å². The van der Waals surface area contributed by atoms with Gasteiger partial charge in [-0.15, -0.1) is 0 Å². The summed E-state index contributed by atoms with van der Waals surface area (Å²) in [5.41, 5.74) is 6.14. The molecule has 0 fully saturated rings. The molecule has 1 aromatic heterocycles. The van der Waals surface area contributed by atoms with Gasteiger partial charge in [0.1, 0.15) is 13.6 Å². The highest BCUT2D eigenvalue weighted by Gasteiger charge is 2.10. The lowest BCUT2D eigenvalue weighted by atomic mass is 9.94. The highest BCUT2D eigenvalue weighted by molar-refractivity contribution is 6.32. The van der Waals surface area contributed by atoms with E-state index < -0.39 is 0 Å². The highest BCUT2D eigenvalue weighted by Crippen LogP contribution is 2.28. The average molecular weight is 350 g/mol. The summed E-state index contributed by atoms with van der Waals surface area (Å²) in [6, 6.07) is 28.5. The second-order valence-electron chi connectivity index (χ2n) is 6.42. The van der Waals surface area contributed by atoms with Crippen molar-refractivity contribution >= 4 is 13.3 Å². The van der Waals surface area contributed by atoms with Crippen LogP contribution in [0.2, 0.25) is 0 Å². The number of aromatic nitrogens is 2. The van der Waals surface area contributed by atoms with Crippen molar-refractivity contribution in [2.75, 3.05) is 7.11 Å². The maximum atomic E-state index is 5.27. The monoisotopic (exact) mass is 350 g/mol. The van der Waals surface area contributed by atoms with Crippen molar-refractivity contribution in [2.45, 2.75) is 0 Å². The Morgan fingerprint density at radius 3 is 1.78 bits per heavy atom. The smallest absolute Gasteiger partial charge is 0.160 e. The first-order valence-electron chi connectivity index (χ1n) is 8.89. The lowest BCUT2D eigenvalue weighted by Crippen LogP contribution is -2.00. The van der Waals surface area contributed by atoms with E-state index in [4.69, 9.17) is 14.7 Å².